The molecule has 2 N–H and O–H groups in total. The summed E-state index contributed by atoms with van der Waals surface area (Å²) in [5, 5.41) is 0. The molecular formula is C16H21F3N2O2. The van der Waals surface area contributed by atoms with E-state index in [-0.39, 0.29) is 30.0 Å². The van der Waals surface area contributed by atoms with Gasteiger partial charge in [-0.05, 0) is 43.0 Å². The Labute approximate surface area is 133 Å². The summed E-state index contributed by atoms with van der Waals surface area (Å²) in [4.78, 5) is 14.0. The van der Waals surface area contributed by atoms with Crippen LogP contribution in [-0.4, -0.2) is 30.8 Å². The van der Waals surface area contributed by atoms with E-state index in [9.17, 15) is 18.0 Å². The average molecular weight is 330 g/mol. The van der Waals surface area contributed by atoms with Gasteiger partial charge in [-0.15, -0.1) is 13.2 Å². The van der Waals surface area contributed by atoms with Crippen LogP contribution in [0, 0.1) is 11.8 Å². The number of ether oxygens (including phenoxy) is 1. The zero-order valence-corrected chi connectivity index (χ0v) is 13.0. The Hall–Kier alpha value is -1.76. The maximum atomic E-state index is 12.5. The van der Waals surface area contributed by atoms with E-state index in [0.717, 1.165) is 19.3 Å². The second-order valence-corrected chi connectivity index (χ2v) is 5.92. The van der Waals surface area contributed by atoms with Crippen molar-refractivity contribution in [2.24, 2.45) is 17.6 Å². The number of nitrogens with two attached hydrogens (primary N) is 1. The van der Waals surface area contributed by atoms with Gasteiger partial charge >= 0.3 is 6.36 Å². The molecule has 0 spiro atoms. The van der Waals surface area contributed by atoms with Crippen LogP contribution in [0.4, 0.5) is 13.2 Å². The minimum absolute atomic E-state index is 0.0000859. The lowest BCUT2D eigenvalue weighted by atomic mass is 9.95. The molecule has 128 valence electrons. The van der Waals surface area contributed by atoms with Crippen LogP contribution in [0.2, 0.25) is 0 Å². The fraction of sp³-hybridized carbons (Fsp3) is 0.562. The standard InChI is InChI=1S/C16H21F3N2O2/c1-21(15(22)14-7-3-5-12(14)9-20)10-11-4-2-6-13(8-11)23-16(17,18)19/h2,4,6,8,12,14H,3,5,7,9-10,20H2,1H3/t12-,14-/m1/s1. The van der Waals surface area contributed by atoms with Gasteiger partial charge in [-0.25, -0.2) is 0 Å². The molecule has 0 heterocycles. The lowest BCUT2D eigenvalue weighted by Crippen LogP contribution is -2.36. The van der Waals surface area contributed by atoms with Crippen molar-refractivity contribution in [1.29, 1.82) is 0 Å². The van der Waals surface area contributed by atoms with E-state index in [1.807, 2.05) is 0 Å². The maximum absolute atomic E-state index is 12.5. The summed E-state index contributed by atoms with van der Waals surface area (Å²) in [6, 6.07) is 5.68. The number of hydrogen-bond donors (Lipinski definition) is 1. The van der Waals surface area contributed by atoms with E-state index < -0.39 is 6.36 Å². The summed E-state index contributed by atoms with van der Waals surface area (Å²) in [5.74, 6) is -0.166. The summed E-state index contributed by atoms with van der Waals surface area (Å²) in [7, 11) is 1.66. The quantitative estimate of drug-likeness (QED) is 0.903. The van der Waals surface area contributed by atoms with E-state index >= 15 is 0 Å². The smallest absolute Gasteiger partial charge is 0.406 e. The van der Waals surface area contributed by atoms with Crippen LogP contribution in [0.5, 0.6) is 5.75 Å². The van der Waals surface area contributed by atoms with Crippen LogP contribution in [0.15, 0.2) is 24.3 Å². The summed E-state index contributed by atoms with van der Waals surface area (Å²) < 4.78 is 40.7. The van der Waals surface area contributed by atoms with Crippen molar-refractivity contribution in [3.05, 3.63) is 29.8 Å². The first kappa shape index (κ1) is 17.6. The third-order valence-electron chi connectivity index (χ3n) is 4.21. The predicted octanol–water partition coefficient (Wildman–Crippen LogP) is 2.92. The highest BCUT2D eigenvalue weighted by atomic mass is 19.4. The Bertz CT molecular complexity index is 548. The summed E-state index contributed by atoms with van der Waals surface area (Å²) >= 11 is 0. The molecule has 0 bridgehead atoms. The van der Waals surface area contributed by atoms with Crippen molar-refractivity contribution in [1.82, 2.24) is 4.90 Å². The van der Waals surface area contributed by atoms with Crippen molar-refractivity contribution in [3.63, 3.8) is 0 Å². The summed E-state index contributed by atoms with van der Waals surface area (Å²) in [6.45, 7) is 0.723. The Morgan fingerprint density at radius 1 is 1.39 bits per heavy atom. The molecule has 0 aliphatic heterocycles. The first-order chi connectivity index (χ1) is 10.8. The van der Waals surface area contributed by atoms with Crippen molar-refractivity contribution in [3.8, 4) is 5.75 Å². The highest BCUT2D eigenvalue weighted by Gasteiger charge is 2.34. The molecule has 1 saturated carbocycles. The van der Waals surface area contributed by atoms with E-state index in [2.05, 4.69) is 4.74 Å². The van der Waals surface area contributed by atoms with E-state index in [4.69, 9.17) is 5.73 Å². The van der Waals surface area contributed by atoms with Crippen LogP contribution in [0.25, 0.3) is 0 Å². The molecule has 0 radical (unpaired) electrons. The highest BCUT2D eigenvalue weighted by molar-refractivity contribution is 5.79. The molecule has 1 fully saturated rings. The molecule has 1 aliphatic carbocycles. The summed E-state index contributed by atoms with van der Waals surface area (Å²) in [6.07, 6.45) is -1.96. The monoisotopic (exact) mass is 330 g/mol. The van der Waals surface area contributed by atoms with E-state index in [0.29, 0.717) is 12.1 Å². The molecule has 2 rings (SSSR count). The molecule has 0 aromatic heterocycles. The molecule has 23 heavy (non-hydrogen) atoms. The SMILES string of the molecule is CN(Cc1cccc(OC(F)(F)F)c1)C(=O)[C@@H]1CCC[C@@H]1CN. The molecule has 1 aliphatic rings. The Balaban J connectivity index is 2.01. The van der Waals surface area contributed by atoms with Crippen molar-refractivity contribution in [2.45, 2.75) is 32.2 Å². The largest absolute Gasteiger partial charge is 0.573 e. The van der Waals surface area contributed by atoms with Crippen molar-refractivity contribution >= 4 is 5.91 Å². The van der Waals surface area contributed by atoms with Crippen LogP contribution in [0.3, 0.4) is 0 Å². The number of rotatable bonds is 5. The number of nitrogens with zero attached hydrogens (tertiary/aromatic N) is 1. The molecule has 1 aromatic rings. The van der Waals surface area contributed by atoms with Gasteiger partial charge in [0.2, 0.25) is 5.91 Å². The van der Waals surface area contributed by atoms with Gasteiger partial charge in [0.05, 0.1) is 0 Å². The lowest BCUT2D eigenvalue weighted by molar-refractivity contribution is -0.274. The number of carbonyl (C=O) groups is 1. The predicted molar refractivity (Wildman–Crippen MR) is 79.5 cm³/mol. The zero-order chi connectivity index (χ0) is 17.0. The molecule has 2 atom stereocenters. The van der Waals surface area contributed by atoms with Gasteiger partial charge in [0.25, 0.3) is 0 Å². The number of amides is 1. The maximum Gasteiger partial charge on any atom is 0.573 e. The number of alkyl halides is 3. The van der Waals surface area contributed by atoms with Gasteiger partial charge in [0.1, 0.15) is 5.75 Å². The zero-order valence-electron chi connectivity index (χ0n) is 13.0. The third-order valence-corrected chi connectivity index (χ3v) is 4.21. The molecule has 1 amide bonds. The number of hydrogen-bond acceptors (Lipinski definition) is 3. The highest BCUT2D eigenvalue weighted by Crippen LogP contribution is 2.32. The molecule has 0 unspecified atom stereocenters. The number of carbonyl (C=O) groups excluding carboxylic acids is 1. The van der Waals surface area contributed by atoms with Gasteiger partial charge in [-0.3, -0.25) is 4.79 Å². The van der Waals surface area contributed by atoms with E-state index in [1.165, 1.54) is 18.2 Å². The van der Waals surface area contributed by atoms with Gasteiger partial charge < -0.3 is 15.4 Å². The number of benzene rings is 1. The second-order valence-electron chi connectivity index (χ2n) is 5.92. The molecule has 1 aromatic carbocycles. The molecule has 7 heteroatoms. The normalized spacial score (nSPS) is 21.3. The van der Waals surface area contributed by atoms with Crippen LogP contribution in [0.1, 0.15) is 24.8 Å². The van der Waals surface area contributed by atoms with Crippen LogP contribution < -0.4 is 10.5 Å². The average Bonchev–Trinajstić information content (AvgIpc) is 2.93. The van der Waals surface area contributed by atoms with Crippen LogP contribution in [-0.2, 0) is 11.3 Å². The topological polar surface area (TPSA) is 55.6 Å². The Morgan fingerprint density at radius 3 is 2.78 bits per heavy atom. The fourth-order valence-corrected chi connectivity index (χ4v) is 3.12. The van der Waals surface area contributed by atoms with Crippen molar-refractivity contribution < 1.29 is 22.7 Å². The Morgan fingerprint density at radius 2 is 2.13 bits per heavy atom. The lowest BCUT2D eigenvalue weighted by Gasteiger charge is -2.24. The Kier molecular flexibility index (Phi) is 5.51. The number of halogens is 3. The van der Waals surface area contributed by atoms with Gasteiger partial charge in [0.15, 0.2) is 0 Å². The molecular weight excluding hydrogens is 309 g/mol. The first-order valence-electron chi connectivity index (χ1n) is 7.60. The first-order valence-corrected chi connectivity index (χ1v) is 7.60. The minimum Gasteiger partial charge on any atom is -0.406 e. The van der Waals surface area contributed by atoms with Crippen molar-refractivity contribution in [2.75, 3.05) is 13.6 Å². The van der Waals surface area contributed by atoms with Gasteiger partial charge in [-0.2, -0.15) is 0 Å². The minimum atomic E-state index is -4.72. The van der Waals surface area contributed by atoms with Gasteiger partial charge in [0, 0.05) is 19.5 Å². The second kappa shape index (κ2) is 7.21. The third kappa shape index (κ3) is 4.86. The summed E-state index contributed by atoms with van der Waals surface area (Å²) in [5.41, 5.74) is 6.29. The fourth-order valence-electron chi connectivity index (χ4n) is 3.12. The van der Waals surface area contributed by atoms with E-state index in [1.54, 1.807) is 18.0 Å². The van der Waals surface area contributed by atoms with Crippen LogP contribution >= 0.6 is 0 Å². The molecule has 4 nitrogen and oxygen atoms in total. The van der Waals surface area contributed by atoms with Gasteiger partial charge in [-0.1, -0.05) is 18.6 Å². The molecule has 0 saturated heterocycles.